The number of ether oxygens (including phenoxy) is 2. The van der Waals surface area contributed by atoms with Gasteiger partial charge in [-0.05, 0) is 37.1 Å². The fraction of sp³-hybridized carbons (Fsp3) is 0.452. The van der Waals surface area contributed by atoms with Crippen LogP contribution in [0.15, 0.2) is 60.9 Å². The molecule has 1 saturated carbocycles. The molecule has 2 fully saturated rings. The number of aromatic carboxylic acids is 1. The number of imidazole rings is 1. The Labute approximate surface area is 239 Å². The summed E-state index contributed by atoms with van der Waals surface area (Å²) < 4.78 is 13.3. The molecule has 1 amide bonds. The van der Waals surface area contributed by atoms with Crippen molar-refractivity contribution < 1.29 is 29.3 Å². The van der Waals surface area contributed by atoms with Crippen molar-refractivity contribution in [3.63, 3.8) is 0 Å². The highest BCUT2D eigenvalue weighted by molar-refractivity contribution is 5.98. The summed E-state index contributed by atoms with van der Waals surface area (Å²) in [5.41, 5.74) is 1.11. The number of carboxylic acids is 1. The number of carboxylic acid groups (broad SMARTS) is 1. The zero-order valence-corrected chi connectivity index (χ0v) is 23.4. The van der Waals surface area contributed by atoms with Crippen LogP contribution in [-0.2, 0) is 4.74 Å². The van der Waals surface area contributed by atoms with Gasteiger partial charge in [0, 0.05) is 44.8 Å². The van der Waals surface area contributed by atoms with Gasteiger partial charge in [0.05, 0.1) is 36.8 Å². The highest BCUT2D eigenvalue weighted by Gasteiger charge is 2.42. The number of hydrogen-bond donors (Lipinski definition) is 3. The van der Waals surface area contributed by atoms with E-state index >= 15 is 0 Å². The number of benzene rings is 2. The van der Waals surface area contributed by atoms with Crippen LogP contribution in [0.1, 0.15) is 59.0 Å². The average molecular weight is 563 g/mol. The molecule has 3 N–H and O–H groups in total. The highest BCUT2D eigenvalue weighted by atomic mass is 16.5. The normalized spacial score (nSPS) is 22.8. The molecule has 1 aromatic heterocycles. The Morgan fingerprint density at radius 3 is 2.63 bits per heavy atom. The summed E-state index contributed by atoms with van der Waals surface area (Å²) in [6, 6.07) is 15.7. The summed E-state index contributed by atoms with van der Waals surface area (Å²) in [6.45, 7) is 2.43. The second-order valence-electron chi connectivity index (χ2n) is 10.8. The van der Waals surface area contributed by atoms with Crippen LogP contribution >= 0.6 is 0 Å². The zero-order valence-electron chi connectivity index (χ0n) is 23.4. The largest absolute Gasteiger partial charge is 0.494 e. The van der Waals surface area contributed by atoms with E-state index in [4.69, 9.17) is 14.6 Å². The van der Waals surface area contributed by atoms with E-state index in [2.05, 4.69) is 10.3 Å². The molecule has 0 spiro atoms. The Hall–Kier alpha value is -3.73. The lowest BCUT2D eigenvalue weighted by molar-refractivity contribution is -0.0893. The number of carbonyl (C=O) groups excluding carboxylic acids is 1. The maximum Gasteiger partial charge on any atom is 0.335 e. The molecule has 41 heavy (non-hydrogen) atoms. The fourth-order valence-corrected chi connectivity index (χ4v) is 6.08. The predicted octanol–water partition coefficient (Wildman–Crippen LogP) is 3.62. The number of nitrogens with zero attached hydrogens (tertiary/aromatic N) is 3. The van der Waals surface area contributed by atoms with E-state index in [0.717, 1.165) is 24.8 Å². The Bertz CT molecular complexity index is 1320. The Balaban J connectivity index is 1.39. The number of methoxy groups -OCH3 is 1. The van der Waals surface area contributed by atoms with Gasteiger partial charge in [0.15, 0.2) is 5.69 Å². The third-order valence-corrected chi connectivity index (χ3v) is 8.16. The molecule has 2 heterocycles. The second-order valence-corrected chi connectivity index (χ2v) is 10.8. The first-order valence-electron chi connectivity index (χ1n) is 14.2. The number of piperazine rings is 1. The Kier molecular flexibility index (Phi) is 9.02. The van der Waals surface area contributed by atoms with Gasteiger partial charge < -0.3 is 34.5 Å². The summed E-state index contributed by atoms with van der Waals surface area (Å²) in [5, 5.41) is 24.1. The average Bonchev–Trinajstić information content (AvgIpc) is 3.43. The van der Waals surface area contributed by atoms with E-state index < -0.39 is 11.6 Å². The molecule has 2 aromatic carbocycles. The van der Waals surface area contributed by atoms with E-state index in [1.54, 1.807) is 25.6 Å². The zero-order chi connectivity index (χ0) is 28.8. The number of carbonyl (C=O) groups is 2. The molecule has 0 bridgehead atoms. The van der Waals surface area contributed by atoms with Crippen LogP contribution in [0.3, 0.4) is 0 Å². The maximum atomic E-state index is 14.2. The molecular formula is C31H38N4O6. The Morgan fingerprint density at radius 2 is 1.90 bits per heavy atom. The summed E-state index contributed by atoms with van der Waals surface area (Å²) in [5.74, 6) is -0.549. The molecule has 10 nitrogen and oxygen atoms in total. The van der Waals surface area contributed by atoms with Crippen molar-refractivity contribution in [1.29, 1.82) is 0 Å². The highest BCUT2D eigenvalue weighted by Crippen LogP contribution is 2.41. The van der Waals surface area contributed by atoms with E-state index in [-0.39, 0.29) is 30.2 Å². The standard InChI is InChI=1S/C31H38N4O6/c1-40-20-31(39)15-6-5-9-26(31)35-21-33-27(28(35)22-7-3-2-4-8-22)29(36)34-17-16-32-19-24(34)14-18-41-25-12-10-23(11-13-25)30(37)38/h2-4,7-8,10-13,21,24,26,32,39H,5-6,9,14-20H2,1H3,(H,37,38)/t24-,26-,31-/m1/s1. The van der Waals surface area contributed by atoms with E-state index in [9.17, 15) is 14.7 Å². The van der Waals surface area contributed by atoms with Gasteiger partial charge in [-0.25, -0.2) is 9.78 Å². The smallest absolute Gasteiger partial charge is 0.335 e. The van der Waals surface area contributed by atoms with Crippen LogP contribution in [0.25, 0.3) is 11.3 Å². The molecule has 3 atom stereocenters. The van der Waals surface area contributed by atoms with Gasteiger partial charge in [-0.3, -0.25) is 4.79 Å². The third-order valence-electron chi connectivity index (χ3n) is 8.16. The summed E-state index contributed by atoms with van der Waals surface area (Å²) in [4.78, 5) is 31.8. The van der Waals surface area contributed by atoms with Gasteiger partial charge in [-0.1, -0.05) is 43.2 Å². The minimum Gasteiger partial charge on any atom is -0.494 e. The number of amides is 1. The van der Waals surface area contributed by atoms with Gasteiger partial charge in [0.2, 0.25) is 0 Å². The van der Waals surface area contributed by atoms with Gasteiger partial charge in [0.25, 0.3) is 5.91 Å². The lowest BCUT2D eigenvalue weighted by Gasteiger charge is -2.41. The van der Waals surface area contributed by atoms with Crippen LogP contribution in [0.4, 0.5) is 0 Å². The van der Waals surface area contributed by atoms with Crippen molar-refractivity contribution in [2.75, 3.05) is 40.0 Å². The summed E-state index contributed by atoms with van der Waals surface area (Å²) >= 11 is 0. The fourth-order valence-electron chi connectivity index (χ4n) is 6.08. The van der Waals surface area contributed by atoms with Crippen molar-refractivity contribution in [2.45, 2.75) is 49.8 Å². The van der Waals surface area contributed by atoms with Crippen LogP contribution in [-0.4, -0.2) is 88.1 Å². The number of nitrogens with one attached hydrogen (secondary N) is 1. The lowest BCUT2D eigenvalue weighted by atomic mass is 9.80. The molecule has 10 heteroatoms. The van der Waals surface area contributed by atoms with E-state index in [0.29, 0.717) is 56.2 Å². The van der Waals surface area contributed by atoms with Gasteiger partial charge in [-0.15, -0.1) is 0 Å². The molecule has 1 aliphatic carbocycles. The predicted molar refractivity (Wildman–Crippen MR) is 153 cm³/mol. The molecule has 1 saturated heterocycles. The lowest BCUT2D eigenvalue weighted by Crippen LogP contribution is -2.54. The van der Waals surface area contributed by atoms with Crippen molar-refractivity contribution in [2.24, 2.45) is 0 Å². The summed E-state index contributed by atoms with van der Waals surface area (Å²) in [7, 11) is 1.60. The minimum absolute atomic E-state index is 0.108. The molecule has 1 aliphatic heterocycles. The van der Waals surface area contributed by atoms with Crippen LogP contribution < -0.4 is 10.1 Å². The molecule has 2 aliphatic rings. The quantitative estimate of drug-likeness (QED) is 0.342. The van der Waals surface area contributed by atoms with Crippen molar-refractivity contribution >= 4 is 11.9 Å². The number of aromatic nitrogens is 2. The maximum absolute atomic E-state index is 14.2. The molecule has 0 unspecified atom stereocenters. The van der Waals surface area contributed by atoms with Crippen molar-refractivity contribution in [3.05, 3.63) is 72.2 Å². The molecule has 3 aromatic rings. The molecule has 5 rings (SSSR count). The van der Waals surface area contributed by atoms with Gasteiger partial charge in [-0.2, -0.15) is 0 Å². The first-order chi connectivity index (χ1) is 19.9. The SMILES string of the molecule is COC[C@]1(O)CCCC[C@H]1n1cnc(C(=O)N2CCNC[C@H]2CCOc2ccc(C(=O)O)cc2)c1-c1ccccc1. The van der Waals surface area contributed by atoms with Crippen LogP contribution in [0, 0.1) is 0 Å². The van der Waals surface area contributed by atoms with Crippen molar-refractivity contribution in [3.8, 4) is 17.0 Å². The second kappa shape index (κ2) is 12.8. The number of hydrogen-bond acceptors (Lipinski definition) is 7. The monoisotopic (exact) mass is 562 g/mol. The molecular weight excluding hydrogens is 524 g/mol. The third kappa shape index (κ3) is 6.29. The first-order valence-corrected chi connectivity index (χ1v) is 14.2. The van der Waals surface area contributed by atoms with Crippen LogP contribution in [0.5, 0.6) is 5.75 Å². The number of rotatable bonds is 10. The minimum atomic E-state index is -1.05. The summed E-state index contributed by atoms with van der Waals surface area (Å²) in [6.07, 6.45) is 5.59. The number of aliphatic hydroxyl groups is 1. The van der Waals surface area contributed by atoms with Crippen LogP contribution in [0.2, 0.25) is 0 Å². The molecule has 0 radical (unpaired) electrons. The van der Waals surface area contributed by atoms with Gasteiger partial charge in [0.1, 0.15) is 11.4 Å². The Morgan fingerprint density at radius 1 is 1.12 bits per heavy atom. The molecule has 218 valence electrons. The van der Waals surface area contributed by atoms with E-state index in [1.165, 1.54) is 12.1 Å². The van der Waals surface area contributed by atoms with Crippen molar-refractivity contribution in [1.82, 2.24) is 19.8 Å². The topological polar surface area (TPSA) is 126 Å². The van der Waals surface area contributed by atoms with Gasteiger partial charge >= 0.3 is 5.97 Å². The van der Waals surface area contributed by atoms with E-state index in [1.807, 2.05) is 39.8 Å². The first kappa shape index (κ1) is 28.8.